The number of aromatic nitrogens is 3. The molecule has 1 aliphatic heterocycles. The first kappa shape index (κ1) is 19.4. The van der Waals surface area contributed by atoms with Gasteiger partial charge in [-0.1, -0.05) is 35.5 Å². The summed E-state index contributed by atoms with van der Waals surface area (Å²) in [4.78, 5) is 17.2. The number of ether oxygens (including phenoxy) is 1. The van der Waals surface area contributed by atoms with Crippen molar-refractivity contribution in [2.45, 2.75) is 44.8 Å². The van der Waals surface area contributed by atoms with Crippen molar-refractivity contribution >= 4 is 5.91 Å². The second-order valence-corrected chi connectivity index (χ2v) is 7.44. The molecule has 1 aromatic carbocycles. The molecule has 7 nitrogen and oxygen atoms in total. The van der Waals surface area contributed by atoms with E-state index in [2.05, 4.69) is 20.0 Å². The van der Waals surface area contributed by atoms with E-state index in [1.807, 2.05) is 49.5 Å². The zero-order chi connectivity index (χ0) is 20.1. The summed E-state index contributed by atoms with van der Waals surface area (Å²) in [5.74, 6) is 1.57. The number of hydrogen-bond acceptors (Lipinski definition) is 5. The molecule has 1 saturated heterocycles. The van der Waals surface area contributed by atoms with Gasteiger partial charge in [-0.3, -0.25) is 4.79 Å². The summed E-state index contributed by atoms with van der Waals surface area (Å²) >= 11 is 0. The quantitative estimate of drug-likeness (QED) is 0.594. The third-order valence-electron chi connectivity index (χ3n) is 5.39. The number of imidazole rings is 1. The minimum atomic E-state index is -0.877. The van der Waals surface area contributed by atoms with Crippen molar-refractivity contribution < 1.29 is 14.1 Å². The SMILES string of the molecule is Cc1nccn1CCCNC(=O)C1(Cc2cc(-c3ccccc3)no2)CCCO1. The van der Waals surface area contributed by atoms with Crippen LogP contribution in [0.2, 0.25) is 0 Å². The number of rotatable bonds is 8. The van der Waals surface area contributed by atoms with Gasteiger partial charge in [-0.2, -0.15) is 0 Å². The number of nitrogens with one attached hydrogen (secondary N) is 1. The largest absolute Gasteiger partial charge is 0.365 e. The first-order valence-corrected chi connectivity index (χ1v) is 10.1. The molecule has 3 aromatic rings. The van der Waals surface area contributed by atoms with E-state index < -0.39 is 5.60 Å². The van der Waals surface area contributed by atoms with E-state index in [1.165, 1.54) is 0 Å². The van der Waals surface area contributed by atoms with Crippen LogP contribution in [0.3, 0.4) is 0 Å². The van der Waals surface area contributed by atoms with Crippen LogP contribution in [0.15, 0.2) is 53.3 Å². The van der Waals surface area contributed by atoms with Crippen molar-refractivity contribution in [1.82, 2.24) is 20.0 Å². The van der Waals surface area contributed by atoms with Crippen molar-refractivity contribution in [2.24, 2.45) is 0 Å². The molecule has 7 heteroatoms. The van der Waals surface area contributed by atoms with E-state index in [0.717, 1.165) is 36.5 Å². The Morgan fingerprint density at radius 3 is 2.90 bits per heavy atom. The van der Waals surface area contributed by atoms with Crippen molar-refractivity contribution in [3.8, 4) is 11.3 Å². The molecule has 1 amide bonds. The van der Waals surface area contributed by atoms with E-state index in [0.29, 0.717) is 31.8 Å². The number of carbonyl (C=O) groups is 1. The first-order valence-electron chi connectivity index (χ1n) is 10.1. The second-order valence-electron chi connectivity index (χ2n) is 7.44. The molecule has 0 saturated carbocycles. The molecule has 0 bridgehead atoms. The predicted octanol–water partition coefficient (Wildman–Crippen LogP) is 3.14. The molecule has 1 fully saturated rings. The molecule has 2 aromatic heterocycles. The topological polar surface area (TPSA) is 82.2 Å². The number of aryl methyl sites for hydroxylation is 2. The minimum absolute atomic E-state index is 0.0741. The highest BCUT2D eigenvalue weighted by atomic mass is 16.5. The molecule has 1 N–H and O–H groups in total. The average Bonchev–Trinajstić information content (AvgIpc) is 3.49. The third-order valence-corrected chi connectivity index (χ3v) is 5.39. The Balaban J connectivity index is 1.36. The van der Waals surface area contributed by atoms with E-state index >= 15 is 0 Å². The molecule has 0 spiro atoms. The molecular formula is C22H26N4O3. The van der Waals surface area contributed by atoms with Gasteiger partial charge in [0.1, 0.15) is 17.3 Å². The molecular weight excluding hydrogens is 368 g/mol. The number of carbonyl (C=O) groups excluding carboxylic acids is 1. The van der Waals surface area contributed by atoms with Crippen LogP contribution in [-0.2, 0) is 22.5 Å². The highest BCUT2D eigenvalue weighted by Crippen LogP contribution is 2.31. The van der Waals surface area contributed by atoms with Gasteiger partial charge in [0.05, 0.1) is 0 Å². The maximum Gasteiger partial charge on any atom is 0.252 e. The molecule has 152 valence electrons. The van der Waals surface area contributed by atoms with Gasteiger partial charge in [0.2, 0.25) is 0 Å². The first-order chi connectivity index (χ1) is 14.2. The van der Waals surface area contributed by atoms with Crippen LogP contribution in [0, 0.1) is 6.92 Å². The molecule has 0 aliphatic carbocycles. The Labute approximate surface area is 170 Å². The van der Waals surface area contributed by atoms with Crippen LogP contribution in [0.1, 0.15) is 30.8 Å². The van der Waals surface area contributed by atoms with Crippen LogP contribution < -0.4 is 5.32 Å². The molecule has 1 unspecified atom stereocenters. The summed E-state index contributed by atoms with van der Waals surface area (Å²) in [6.07, 6.45) is 6.50. The van der Waals surface area contributed by atoms with Crippen molar-refractivity contribution in [3.05, 3.63) is 60.4 Å². The lowest BCUT2D eigenvalue weighted by Gasteiger charge is -2.26. The summed E-state index contributed by atoms with van der Waals surface area (Å²) in [5.41, 5.74) is 0.881. The summed E-state index contributed by atoms with van der Waals surface area (Å²) in [6, 6.07) is 11.8. The lowest BCUT2D eigenvalue weighted by molar-refractivity contribution is -0.141. The fourth-order valence-electron chi connectivity index (χ4n) is 3.77. The van der Waals surface area contributed by atoms with Gasteiger partial charge in [-0.15, -0.1) is 0 Å². The van der Waals surface area contributed by atoms with Crippen molar-refractivity contribution in [2.75, 3.05) is 13.2 Å². The van der Waals surface area contributed by atoms with E-state index in [-0.39, 0.29) is 5.91 Å². The zero-order valence-electron chi connectivity index (χ0n) is 16.6. The highest BCUT2D eigenvalue weighted by molar-refractivity contribution is 5.85. The van der Waals surface area contributed by atoms with Crippen LogP contribution >= 0.6 is 0 Å². The van der Waals surface area contributed by atoms with E-state index in [4.69, 9.17) is 9.26 Å². The Morgan fingerprint density at radius 2 is 2.17 bits per heavy atom. The summed E-state index contributed by atoms with van der Waals surface area (Å²) in [6.45, 7) is 3.97. The standard InChI is InChI=1S/C22H26N4O3/c1-17-23-11-13-26(17)12-6-10-24-21(27)22(9-5-14-28-22)16-19-15-20(25-29-19)18-7-3-2-4-8-18/h2-4,7-8,11,13,15H,5-6,9-10,12,14,16H2,1H3,(H,24,27). The number of benzene rings is 1. The number of hydrogen-bond donors (Lipinski definition) is 1. The highest BCUT2D eigenvalue weighted by Gasteiger charge is 2.43. The smallest absolute Gasteiger partial charge is 0.252 e. The Hall–Kier alpha value is -2.93. The Morgan fingerprint density at radius 1 is 1.31 bits per heavy atom. The monoisotopic (exact) mass is 394 g/mol. The molecule has 1 aliphatic rings. The van der Waals surface area contributed by atoms with Crippen LogP contribution in [0.5, 0.6) is 0 Å². The summed E-state index contributed by atoms with van der Waals surface area (Å²) < 4.78 is 13.5. The lowest BCUT2D eigenvalue weighted by atomic mass is 9.93. The second kappa shape index (κ2) is 8.61. The fourth-order valence-corrected chi connectivity index (χ4v) is 3.77. The third kappa shape index (κ3) is 4.40. The Kier molecular flexibility index (Phi) is 5.76. The van der Waals surface area contributed by atoms with Gasteiger partial charge >= 0.3 is 0 Å². The predicted molar refractivity (Wildman–Crippen MR) is 108 cm³/mol. The van der Waals surface area contributed by atoms with Gasteiger partial charge in [-0.25, -0.2) is 4.98 Å². The zero-order valence-corrected chi connectivity index (χ0v) is 16.6. The van der Waals surface area contributed by atoms with Crippen molar-refractivity contribution in [1.29, 1.82) is 0 Å². The molecule has 0 radical (unpaired) electrons. The van der Waals surface area contributed by atoms with E-state index in [9.17, 15) is 4.79 Å². The van der Waals surface area contributed by atoms with E-state index in [1.54, 1.807) is 6.20 Å². The van der Waals surface area contributed by atoms with Gasteiger partial charge in [0.25, 0.3) is 5.91 Å². The van der Waals surface area contributed by atoms with Crippen LogP contribution in [0.25, 0.3) is 11.3 Å². The average molecular weight is 394 g/mol. The normalized spacial score (nSPS) is 18.8. The Bertz CT molecular complexity index is 942. The molecule has 4 rings (SSSR count). The summed E-state index contributed by atoms with van der Waals surface area (Å²) in [7, 11) is 0. The van der Waals surface area contributed by atoms with Gasteiger partial charge in [0, 0.05) is 50.1 Å². The van der Waals surface area contributed by atoms with Crippen LogP contribution in [-0.4, -0.2) is 39.4 Å². The van der Waals surface area contributed by atoms with Gasteiger partial charge in [0.15, 0.2) is 5.60 Å². The molecule has 29 heavy (non-hydrogen) atoms. The maximum absolute atomic E-state index is 13.0. The van der Waals surface area contributed by atoms with Gasteiger partial charge in [-0.05, 0) is 26.2 Å². The van der Waals surface area contributed by atoms with Crippen molar-refractivity contribution in [3.63, 3.8) is 0 Å². The number of amides is 1. The fraction of sp³-hybridized carbons (Fsp3) is 0.409. The molecule has 3 heterocycles. The summed E-state index contributed by atoms with van der Waals surface area (Å²) in [5, 5.41) is 7.21. The van der Waals surface area contributed by atoms with Crippen LogP contribution in [0.4, 0.5) is 0 Å². The maximum atomic E-state index is 13.0. The van der Waals surface area contributed by atoms with Gasteiger partial charge < -0.3 is 19.1 Å². The molecule has 1 atom stereocenters. The lowest BCUT2D eigenvalue weighted by Crippen LogP contribution is -2.48. The number of nitrogens with zero attached hydrogens (tertiary/aromatic N) is 3. The minimum Gasteiger partial charge on any atom is -0.365 e.